The molecule has 1 saturated heterocycles. The number of piperidine rings is 1. The molecule has 0 saturated carbocycles. The summed E-state index contributed by atoms with van der Waals surface area (Å²) in [5.74, 6) is -0.0710. The lowest BCUT2D eigenvalue weighted by Gasteiger charge is -2.30. The van der Waals surface area contributed by atoms with Crippen LogP contribution < -0.4 is 11.1 Å². The molecule has 0 aliphatic carbocycles. The fourth-order valence-electron chi connectivity index (χ4n) is 2.08. The number of rotatable bonds is 4. The van der Waals surface area contributed by atoms with E-state index in [0.717, 1.165) is 0 Å². The van der Waals surface area contributed by atoms with Crippen molar-refractivity contribution in [2.75, 3.05) is 24.7 Å². The molecule has 8 nitrogen and oxygen atoms in total. The number of sulfonamides is 1. The van der Waals surface area contributed by atoms with Gasteiger partial charge in [0, 0.05) is 19.1 Å². The van der Waals surface area contributed by atoms with Gasteiger partial charge in [-0.05, 0) is 25.0 Å². The Morgan fingerprint density at radius 2 is 2.00 bits per heavy atom. The van der Waals surface area contributed by atoms with Crippen molar-refractivity contribution in [2.24, 2.45) is 5.73 Å². The highest BCUT2D eigenvalue weighted by atomic mass is 32.2. The Balaban J connectivity index is 1.91. The Morgan fingerprint density at radius 1 is 1.35 bits per heavy atom. The first-order valence-electron chi connectivity index (χ1n) is 6.21. The first-order valence-corrected chi connectivity index (χ1v) is 8.06. The third-order valence-electron chi connectivity index (χ3n) is 3.19. The number of anilines is 1. The Hall–Kier alpha value is -1.74. The highest BCUT2D eigenvalue weighted by Gasteiger charge is 2.24. The van der Waals surface area contributed by atoms with E-state index in [2.05, 4.69) is 15.5 Å². The van der Waals surface area contributed by atoms with Gasteiger partial charge in [0.2, 0.25) is 10.0 Å². The highest BCUT2D eigenvalue weighted by Crippen LogP contribution is 2.16. The van der Waals surface area contributed by atoms with Gasteiger partial charge in [0.15, 0.2) is 5.69 Å². The van der Waals surface area contributed by atoms with E-state index in [9.17, 15) is 13.2 Å². The van der Waals surface area contributed by atoms with E-state index in [4.69, 9.17) is 5.73 Å². The van der Waals surface area contributed by atoms with Gasteiger partial charge in [0.25, 0.3) is 5.91 Å². The maximum absolute atomic E-state index is 11.4. The van der Waals surface area contributed by atoms with Crippen LogP contribution in [-0.4, -0.2) is 54.2 Å². The number of carbonyl (C=O) groups is 1. The summed E-state index contributed by atoms with van der Waals surface area (Å²) in [4.78, 5) is 10.9. The molecule has 9 heteroatoms. The molecule has 110 valence electrons. The van der Waals surface area contributed by atoms with Gasteiger partial charge >= 0.3 is 0 Å². The SMILES string of the molecule is CS(=O)(=O)N1CCC(Nc2ccc(C(N)=O)nn2)CC1. The summed E-state index contributed by atoms with van der Waals surface area (Å²) in [7, 11) is -3.11. The standard InChI is InChI=1S/C11H17N5O3S/c1-20(18,19)16-6-4-8(5-7-16)13-10-3-2-9(11(12)17)14-15-10/h2-3,8H,4-7H2,1H3,(H2,12,17)(H,13,15). The van der Waals surface area contributed by atoms with Gasteiger partial charge in [-0.2, -0.15) is 0 Å². The molecule has 1 aliphatic heterocycles. The minimum atomic E-state index is -3.11. The highest BCUT2D eigenvalue weighted by molar-refractivity contribution is 7.88. The molecule has 0 bridgehead atoms. The van der Waals surface area contributed by atoms with Gasteiger partial charge in [0.1, 0.15) is 5.82 Å². The summed E-state index contributed by atoms with van der Waals surface area (Å²) < 4.78 is 24.2. The van der Waals surface area contributed by atoms with Gasteiger partial charge in [-0.1, -0.05) is 0 Å². The average Bonchev–Trinajstić information content (AvgIpc) is 2.39. The summed E-state index contributed by atoms with van der Waals surface area (Å²) in [5.41, 5.74) is 5.19. The summed E-state index contributed by atoms with van der Waals surface area (Å²) in [6.07, 6.45) is 2.62. The van der Waals surface area contributed by atoms with Gasteiger partial charge in [-0.15, -0.1) is 10.2 Å². The second-order valence-electron chi connectivity index (χ2n) is 4.75. The number of primary amides is 1. The number of nitrogens with zero attached hydrogens (tertiary/aromatic N) is 3. The van der Waals surface area contributed by atoms with Crippen molar-refractivity contribution in [3.63, 3.8) is 0 Å². The van der Waals surface area contributed by atoms with Crippen molar-refractivity contribution in [1.82, 2.24) is 14.5 Å². The number of hydrogen-bond acceptors (Lipinski definition) is 6. The fourth-order valence-corrected chi connectivity index (χ4v) is 2.96. The van der Waals surface area contributed by atoms with E-state index >= 15 is 0 Å². The largest absolute Gasteiger partial charge is 0.366 e. The molecular formula is C11H17N5O3S. The third kappa shape index (κ3) is 3.64. The van der Waals surface area contributed by atoms with E-state index in [1.807, 2.05) is 0 Å². The maximum atomic E-state index is 11.4. The van der Waals surface area contributed by atoms with E-state index < -0.39 is 15.9 Å². The minimum absolute atomic E-state index is 0.113. The van der Waals surface area contributed by atoms with Crippen molar-refractivity contribution in [2.45, 2.75) is 18.9 Å². The molecule has 1 fully saturated rings. The molecule has 2 heterocycles. The molecule has 3 N–H and O–H groups in total. The number of carbonyl (C=O) groups excluding carboxylic acids is 1. The molecule has 0 unspecified atom stereocenters. The van der Waals surface area contributed by atoms with Gasteiger partial charge in [0.05, 0.1) is 6.26 Å². The van der Waals surface area contributed by atoms with Crippen molar-refractivity contribution in [3.8, 4) is 0 Å². The number of amides is 1. The second kappa shape index (κ2) is 5.71. The van der Waals surface area contributed by atoms with Crippen molar-refractivity contribution in [1.29, 1.82) is 0 Å². The first-order chi connectivity index (χ1) is 9.36. The summed E-state index contributed by atoms with van der Waals surface area (Å²) in [6, 6.07) is 3.28. The van der Waals surface area contributed by atoms with Crippen LogP contribution in [0, 0.1) is 0 Å². The van der Waals surface area contributed by atoms with Crippen LogP contribution in [0.3, 0.4) is 0 Å². The third-order valence-corrected chi connectivity index (χ3v) is 4.50. The van der Waals surface area contributed by atoms with E-state index in [1.165, 1.54) is 16.6 Å². The van der Waals surface area contributed by atoms with Crippen LogP contribution in [0.4, 0.5) is 5.82 Å². The Morgan fingerprint density at radius 3 is 2.45 bits per heavy atom. The second-order valence-corrected chi connectivity index (χ2v) is 6.73. The molecule has 1 amide bonds. The lowest BCUT2D eigenvalue weighted by molar-refractivity contribution is 0.0994. The fraction of sp³-hybridized carbons (Fsp3) is 0.545. The van der Waals surface area contributed by atoms with Gasteiger partial charge in [-0.25, -0.2) is 12.7 Å². The summed E-state index contributed by atoms with van der Waals surface area (Å²) in [6.45, 7) is 0.979. The lowest BCUT2D eigenvalue weighted by atomic mass is 10.1. The Labute approximate surface area is 117 Å². The van der Waals surface area contributed by atoms with Crippen LogP contribution in [0.1, 0.15) is 23.3 Å². The molecule has 20 heavy (non-hydrogen) atoms. The average molecular weight is 299 g/mol. The molecule has 0 radical (unpaired) electrons. The molecule has 0 atom stereocenters. The normalized spacial score (nSPS) is 17.9. The number of nitrogens with one attached hydrogen (secondary N) is 1. The molecule has 1 aromatic rings. The van der Waals surface area contributed by atoms with Crippen LogP contribution in [0.25, 0.3) is 0 Å². The molecule has 0 spiro atoms. The number of aromatic nitrogens is 2. The van der Waals surface area contributed by atoms with Crippen molar-refractivity contribution < 1.29 is 13.2 Å². The summed E-state index contributed by atoms with van der Waals surface area (Å²) in [5, 5.41) is 10.7. The van der Waals surface area contributed by atoms with E-state index in [-0.39, 0.29) is 11.7 Å². The minimum Gasteiger partial charge on any atom is -0.366 e. The smallest absolute Gasteiger partial charge is 0.269 e. The predicted octanol–water partition coefficient (Wildman–Crippen LogP) is -0.589. The zero-order valence-corrected chi connectivity index (χ0v) is 11.9. The van der Waals surface area contributed by atoms with Crippen LogP contribution in [-0.2, 0) is 10.0 Å². The van der Waals surface area contributed by atoms with Crippen LogP contribution in [0.5, 0.6) is 0 Å². The quantitative estimate of drug-likeness (QED) is 0.767. The molecule has 1 aliphatic rings. The van der Waals surface area contributed by atoms with Crippen LogP contribution in [0.15, 0.2) is 12.1 Å². The molecular weight excluding hydrogens is 282 g/mol. The Kier molecular flexibility index (Phi) is 4.19. The van der Waals surface area contributed by atoms with E-state index in [0.29, 0.717) is 31.7 Å². The monoisotopic (exact) mass is 299 g/mol. The first kappa shape index (κ1) is 14.7. The van der Waals surface area contributed by atoms with Gasteiger partial charge in [-0.3, -0.25) is 4.79 Å². The van der Waals surface area contributed by atoms with E-state index in [1.54, 1.807) is 6.07 Å². The molecule has 1 aromatic heterocycles. The molecule has 2 rings (SSSR count). The maximum Gasteiger partial charge on any atom is 0.269 e. The van der Waals surface area contributed by atoms with Crippen LogP contribution >= 0.6 is 0 Å². The topological polar surface area (TPSA) is 118 Å². The predicted molar refractivity (Wildman–Crippen MR) is 73.6 cm³/mol. The molecule has 0 aromatic carbocycles. The van der Waals surface area contributed by atoms with Crippen molar-refractivity contribution in [3.05, 3.63) is 17.8 Å². The number of nitrogens with two attached hydrogens (primary N) is 1. The van der Waals surface area contributed by atoms with Crippen LogP contribution in [0.2, 0.25) is 0 Å². The Bertz CT molecular complexity index is 579. The van der Waals surface area contributed by atoms with Crippen molar-refractivity contribution >= 4 is 21.7 Å². The number of hydrogen-bond donors (Lipinski definition) is 2. The van der Waals surface area contributed by atoms with Gasteiger partial charge < -0.3 is 11.1 Å². The zero-order valence-electron chi connectivity index (χ0n) is 11.1. The zero-order chi connectivity index (χ0) is 14.8. The lowest BCUT2D eigenvalue weighted by Crippen LogP contribution is -2.41. The summed E-state index contributed by atoms with van der Waals surface area (Å²) >= 11 is 0.